The van der Waals surface area contributed by atoms with Gasteiger partial charge < -0.3 is 14.9 Å². The fraction of sp³-hybridized carbons (Fsp3) is 0.333. The van der Waals surface area contributed by atoms with Gasteiger partial charge >= 0.3 is 0 Å². The molecule has 1 atom stereocenters. The minimum Gasteiger partial charge on any atom is -0.496 e. The smallest absolute Gasteiger partial charge is 0.123 e. The first-order valence-corrected chi connectivity index (χ1v) is 7.21. The van der Waals surface area contributed by atoms with Crippen molar-refractivity contribution in [3.8, 4) is 5.75 Å². The number of furan rings is 1. The number of rotatable bonds is 6. The monoisotopic (exact) mass is 338 g/mol. The second-order valence-corrected chi connectivity index (χ2v) is 5.55. The van der Waals surface area contributed by atoms with E-state index in [4.69, 9.17) is 14.9 Å². The average molecular weight is 339 g/mol. The molecular weight excluding hydrogens is 320 g/mol. The number of likely N-dealkylation sites (N-methyl/N-ethyl adjacent to an activating group) is 1. The maximum absolute atomic E-state index is 5.97. The van der Waals surface area contributed by atoms with E-state index in [1.165, 1.54) is 0 Å². The molecule has 0 radical (unpaired) electrons. The molecule has 2 rings (SSSR count). The molecule has 0 saturated carbocycles. The summed E-state index contributed by atoms with van der Waals surface area (Å²) >= 11 is 3.50. The summed E-state index contributed by atoms with van der Waals surface area (Å²) in [6.07, 6.45) is 1.68. The topological polar surface area (TPSA) is 51.6 Å². The molecule has 0 aliphatic heterocycles. The summed E-state index contributed by atoms with van der Waals surface area (Å²) in [6.45, 7) is 1.20. The number of ether oxygens (including phenoxy) is 1. The fourth-order valence-electron chi connectivity index (χ4n) is 2.27. The molecule has 2 N–H and O–H groups in total. The molecule has 20 heavy (non-hydrogen) atoms. The predicted octanol–water partition coefficient (Wildman–Crippen LogP) is 3.18. The number of halogens is 1. The van der Waals surface area contributed by atoms with E-state index >= 15 is 0 Å². The Hall–Kier alpha value is -1.30. The normalized spacial score (nSPS) is 12.7. The third-order valence-corrected chi connectivity index (χ3v) is 3.78. The van der Waals surface area contributed by atoms with Crippen molar-refractivity contribution >= 4 is 15.9 Å². The Morgan fingerprint density at radius 2 is 2.20 bits per heavy atom. The Morgan fingerprint density at radius 3 is 2.80 bits per heavy atom. The number of nitrogens with two attached hydrogens (primary N) is 1. The molecule has 1 aromatic heterocycles. The summed E-state index contributed by atoms with van der Waals surface area (Å²) < 4.78 is 11.8. The van der Waals surface area contributed by atoms with Crippen LogP contribution in [-0.4, -0.2) is 25.6 Å². The SMILES string of the molecule is COc1ccc(Br)cc1C(CN)N(C)Cc1ccco1. The number of benzene rings is 1. The van der Waals surface area contributed by atoms with Gasteiger partial charge in [0.05, 0.1) is 26.0 Å². The van der Waals surface area contributed by atoms with Gasteiger partial charge in [0.1, 0.15) is 11.5 Å². The molecule has 0 saturated heterocycles. The zero-order valence-corrected chi connectivity index (χ0v) is 13.3. The lowest BCUT2D eigenvalue weighted by Crippen LogP contribution is -2.30. The number of methoxy groups -OCH3 is 1. The molecule has 5 heteroatoms. The third kappa shape index (κ3) is 3.42. The van der Waals surface area contributed by atoms with Crippen LogP contribution in [0, 0.1) is 0 Å². The van der Waals surface area contributed by atoms with Gasteiger partial charge in [-0.1, -0.05) is 15.9 Å². The van der Waals surface area contributed by atoms with Crippen LogP contribution in [0.1, 0.15) is 17.4 Å². The second-order valence-electron chi connectivity index (χ2n) is 4.63. The van der Waals surface area contributed by atoms with E-state index in [0.29, 0.717) is 13.1 Å². The van der Waals surface area contributed by atoms with Crippen LogP contribution < -0.4 is 10.5 Å². The Morgan fingerprint density at radius 1 is 1.40 bits per heavy atom. The minimum absolute atomic E-state index is 0.0625. The summed E-state index contributed by atoms with van der Waals surface area (Å²) in [6, 6.07) is 9.87. The Kier molecular flexibility index (Phi) is 5.23. The molecule has 4 nitrogen and oxygen atoms in total. The molecule has 0 spiro atoms. The summed E-state index contributed by atoms with van der Waals surface area (Å²) in [7, 11) is 3.70. The first-order valence-electron chi connectivity index (χ1n) is 6.41. The van der Waals surface area contributed by atoms with E-state index in [0.717, 1.165) is 21.5 Å². The highest BCUT2D eigenvalue weighted by molar-refractivity contribution is 9.10. The fourth-order valence-corrected chi connectivity index (χ4v) is 2.65. The van der Waals surface area contributed by atoms with Gasteiger partial charge in [0.15, 0.2) is 0 Å². The van der Waals surface area contributed by atoms with Gasteiger partial charge in [-0.25, -0.2) is 0 Å². The summed E-state index contributed by atoms with van der Waals surface area (Å²) in [4.78, 5) is 2.16. The van der Waals surface area contributed by atoms with Gasteiger partial charge in [-0.3, -0.25) is 4.90 Å². The summed E-state index contributed by atoms with van der Waals surface area (Å²) in [5.74, 6) is 1.76. The summed E-state index contributed by atoms with van der Waals surface area (Å²) in [5, 5.41) is 0. The van der Waals surface area contributed by atoms with Gasteiger partial charge in [0, 0.05) is 16.6 Å². The van der Waals surface area contributed by atoms with Crippen molar-refractivity contribution in [2.75, 3.05) is 20.7 Å². The molecule has 0 aliphatic carbocycles. The van der Waals surface area contributed by atoms with Crippen molar-refractivity contribution in [3.63, 3.8) is 0 Å². The van der Waals surface area contributed by atoms with Crippen LogP contribution in [0.15, 0.2) is 45.5 Å². The minimum atomic E-state index is 0.0625. The van der Waals surface area contributed by atoms with Crippen LogP contribution in [0.3, 0.4) is 0 Å². The Balaban J connectivity index is 2.24. The second kappa shape index (κ2) is 6.92. The van der Waals surface area contributed by atoms with Gasteiger partial charge in [0.2, 0.25) is 0 Å². The molecular formula is C15H19BrN2O2. The van der Waals surface area contributed by atoms with Crippen LogP contribution in [0.2, 0.25) is 0 Å². The molecule has 0 aliphatic rings. The molecule has 108 valence electrons. The molecule has 1 aromatic carbocycles. The number of hydrogen-bond acceptors (Lipinski definition) is 4. The highest BCUT2D eigenvalue weighted by Gasteiger charge is 2.20. The van der Waals surface area contributed by atoms with E-state index in [1.54, 1.807) is 13.4 Å². The zero-order chi connectivity index (χ0) is 14.5. The lowest BCUT2D eigenvalue weighted by atomic mass is 10.0. The van der Waals surface area contributed by atoms with Crippen molar-refractivity contribution in [1.29, 1.82) is 0 Å². The predicted molar refractivity (Wildman–Crippen MR) is 82.7 cm³/mol. The van der Waals surface area contributed by atoms with E-state index in [9.17, 15) is 0 Å². The van der Waals surface area contributed by atoms with Crippen molar-refractivity contribution in [2.24, 2.45) is 5.73 Å². The third-order valence-electron chi connectivity index (χ3n) is 3.29. The maximum Gasteiger partial charge on any atom is 0.123 e. The van der Waals surface area contributed by atoms with E-state index in [2.05, 4.69) is 26.9 Å². The molecule has 0 amide bonds. The summed E-state index contributed by atoms with van der Waals surface area (Å²) in [5.41, 5.74) is 7.03. The maximum atomic E-state index is 5.97. The lowest BCUT2D eigenvalue weighted by Gasteiger charge is -2.28. The highest BCUT2D eigenvalue weighted by Crippen LogP contribution is 2.31. The van der Waals surface area contributed by atoms with Crippen LogP contribution in [-0.2, 0) is 6.54 Å². The quantitative estimate of drug-likeness (QED) is 0.878. The van der Waals surface area contributed by atoms with Crippen molar-refractivity contribution in [2.45, 2.75) is 12.6 Å². The molecule has 2 aromatic rings. The van der Waals surface area contributed by atoms with Gasteiger partial charge in [-0.2, -0.15) is 0 Å². The number of hydrogen-bond donors (Lipinski definition) is 1. The van der Waals surface area contributed by atoms with Crippen LogP contribution in [0.25, 0.3) is 0 Å². The van der Waals surface area contributed by atoms with Crippen molar-refractivity contribution < 1.29 is 9.15 Å². The largest absolute Gasteiger partial charge is 0.496 e. The van der Waals surface area contributed by atoms with Crippen molar-refractivity contribution in [3.05, 3.63) is 52.4 Å². The van der Waals surface area contributed by atoms with Gasteiger partial charge in [0.25, 0.3) is 0 Å². The van der Waals surface area contributed by atoms with Crippen LogP contribution in [0.4, 0.5) is 0 Å². The molecule has 1 heterocycles. The van der Waals surface area contributed by atoms with Crippen molar-refractivity contribution in [1.82, 2.24) is 4.90 Å². The van der Waals surface area contributed by atoms with E-state index in [1.807, 2.05) is 31.3 Å². The Bertz CT molecular complexity index is 543. The van der Waals surface area contributed by atoms with Gasteiger partial charge in [-0.15, -0.1) is 0 Å². The molecule has 1 unspecified atom stereocenters. The lowest BCUT2D eigenvalue weighted by molar-refractivity contribution is 0.218. The first-order chi connectivity index (χ1) is 9.65. The van der Waals surface area contributed by atoms with Crippen LogP contribution >= 0.6 is 15.9 Å². The first kappa shape index (κ1) is 15.1. The van der Waals surface area contributed by atoms with E-state index in [-0.39, 0.29) is 6.04 Å². The molecule has 0 bridgehead atoms. The van der Waals surface area contributed by atoms with E-state index < -0.39 is 0 Å². The van der Waals surface area contributed by atoms with Gasteiger partial charge in [-0.05, 0) is 37.4 Å². The zero-order valence-electron chi connectivity index (χ0n) is 11.7. The molecule has 0 fully saturated rings. The average Bonchev–Trinajstić information content (AvgIpc) is 2.93. The Labute approximate surface area is 127 Å². The number of nitrogens with zero attached hydrogens (tertiary/aromatic N) is 1. The standard InChI is InChI=1S/C15H19BrN2O2/c1-18(10-12-4-3-7-20-12)14(9-17)13-8-11(16)5-6-15(13)19-2/h3-8,14H,9-10,17H2,1-2H3. The van der Waals surface area contributed by atoms with Crippen LogP contribution in [0.5, 0.6) is 5.75 Å². The highest BCUT2D eigenvalue weighted by atomic mass is 79.9.